The molecule has 2 aromatic heterocycles. The Labute approximate surface area is 115 Å². The second kappa shape index (κ2) is 5.55. The average molecular weight is 277 g/mol. The quantitative estimate of drug-likeness (QED) is 0.848. The molecule has 0 unspecified atom stereocenters. The fraction of sp³-hybridized carbons (Fsp3) is 0.333. The third-order valence-electron chi connectivity index (χ3n) is 2.55. The Bertz CT molecular complexity index is 629. The molecule has 106 valence electrons. The molecule has 2 aromatic rings. The van der Waals surface area contributed by atoms with Gasteiger partial charge in [0.05, 0.1) is 0 Å². The van der Waals surface area contributed by atoms with Gasteiger partial charge < -0.3 is 10.4 Å². The van der Waals surface area contributed by atoms with Crippen LogP contribution in [0.4, 0.5) is 5.82 Å². The SMILES string of the molecule is CC(C)n1ccc(C(=O)Nc2ccn(CC(=O)O)n2)n1. The molecule has 0 saturated heterocycles. The highest BCUT2D eigenvalue weighted by atomic mass is 16.4. The second-order valence-corrected chi connectivity index (χ2v) is 4.52. The number of hydrogen-bond acceptors (Lipinski definition) is 4. The molecule has 0 aliphatic carbocycles. The van der Waals surface area contributed by atoms with Crippen molar-refractivity contribution in [2.24, 2.45) is 0 Å². The molecule has 0 saturated carbocycles. The Morgan fingerprint density at radius 1 is 1.30 bits per heavy atom. The zero-order valence-corrected chi connectivity index (χ0v) is 11.1. The second-order valence-electron chi connectivity index (χ2n) is 4.52. The van der Waals surface area contributed by atoms with E-state index < -0.39 is 5.97 Å². The third kappa shape index (κ3) is 3.22. The molecule has 8 heteroatoms. The monoisotopic (exact) mass is 277 g/mol. The zero-order valence-electron chi connectivity index (χ0n) is 11.1. The van der Waals surface area contributed by atoms with Crippen molar-refractivity contribution in [1.82, 2.24) is 19.6 Å². The maximum Gasteiger partial charge on any atom is 0.325 e. The molecule has 0 radical (unpaired) electrons. The summed E-state index contributed by atoms with van der Waals surface area (Å²) in [5, 5.41) is 19.3. The molecule has 2 N–H and O–H groups in total. The number of aromatic nitrogens is 4. The van der Waals surface area contributed by atoms with E-state index in [0.717, 1.165) is 0 Å². The van der Waals surface area contributed by atoms with Crippen LogP contribution in [0.1, 0.15) is 30.4 Å². The van der Waals surface area contributed by atoms with Crippen LogP contribution in [0, 0.1) is 0 Å². The van der Waals surface area contributed by atoms with Crippen LogP contribution in [0.2, 0.25) is 0 Å². The van der Waals surface area contributed by atoms with Crippen molar-refractivity contribution >= 4 is 17.7 Å². The average Bonchev–Trinajstić information content (AvgIpc) is 2.97. The van der Waals surface area contributed by atoms with Gasteiger partial charge in [0.25, 0.3) is 5.91 Å². The lowest BCUT2D eigenvalue weighted by atomic mass is 10.4. The van der Waals surface area contributed by atoms with Crippen LogP contribution in [0.15, 0.2) is 24.5 Å². The number of carboxylic acid groups (broad SMARTS) is 1. The van der Waals surface area contributed by atoms with E-state index in [2.05, 4.69) is 15.5 Å². The normalized spacial score (nSPS) is 10.8. The molecule has 0 aromatic carbocycles. The maximum absolute atomic E-state index is 11.9. The number of rotatable bonds is 5. The summed E-state index contributed by atoms with van der Waals surface area (Å²) in [5.41, 5.74) is 0.284. The summed E-state index contributed by atoms with van der Waals surface area (Å²) in [6.07, 6.45) is 3.21. The van der Waals surface area contributed by atoms with Crippen LogP contribution >= 0.6 is 0 Å². The first kappa shape index (κ1) is 13.8. The van der Waals surface area contributed by atoms with Crippen LogP contribution in [0.5, 0.6) is 0 Å². The van der Waals surface area contributed by atoms with Crippen molar-refractivity contribution in [2.75, 3.05) is 5.32 Å². The summed E-state index contributed by atoms with van der Waals surface area (Å²) in [7, 11) is 0. The minimum absolute atomic E-state index is 0.173. The molecule has 1 amide bonds. The smallest absolute Gasteiger partial charge is 0.325 e. The number of amides is 1. The van der Waals surface area contributed by atoms with Crippen LogP contribution in [-0.2, 0) is 11.3 Å². The minimum atomic E-state index is -0.998. The topological polar surface area (TPSA) is 102 Å². The first-order chi connectivity index (χ1) is 9.45. The number of carbonyl (C=O) groups is 2. The van der Waals surface area contributed by atoms with Gasteiger partial charge in [-0.2, -0.15) is 10.2 Å². The predicted octanol–water partition coefficient (Wildman–Crippen LogP) is 0.997. The van der Waals surface area contributed by atoms with Gasteiger partial charge in [-0.15, -0.1) is 0 Å². The zero-order chi connectivity index (χ0) is 14.7. The molecule has 0 atom stereocenters. The summed E-state index contributed by atoms with van der Waals surface area (Å²) in [6.45, 7) is 3.67. The van der Waals surface area contributed by atoms with E-state index in [-0.39, 0.29) is 30.0 Å². The number of nitrogens with zero attached hydrogens (tertiary/aromatic N) is 4. The van der Waals surface area contributed by atoms with Crippen molar-refractivity contribution in [2.45, 2.75) is 26.4 Å². The summed E-state index contributed by atoms with van der Waals surface area (Å²) < 4.78 is 2.91. The Hall–Kier alpha value is -2.64. The van der Waals surface area contributed by atoms with E-state index >= 15 is 0 Å². The van der Waals surface area contributed by atoms with Gasteiger partial charge >= 0.3 is 5.97 Å². The van der Waals surface area contributed by atoms with Gasteiger partial charge in [0.1, 0.15) is 6.54 Å². The molecule has 2 rings (SSSR count). The van der Waals surface area contributed by atoms with Crippen molar-refractivity contribution in [3.63, 3.8) is 0 Å². The van der Waals surface area contributed by atoms with Crippen LogP contribution in [0.3, 0.4) is 0 Å². The lowest BCUT2D eigenvalue weighted by Gasteiger charge is -2.03. The molecule has 0 aliphatic heterocycles. The van der Waals surface area contributed by atoms with Gasteiger partial charge in [0.15, 0.2) is 11.5 Å². The number of nitrogens with one attached hydrogen (secondary N) is 1. The molecular formula is C12H15N5O3. The van der Waals surface area contributed by atoms with Crippen LogP contribution < -0.4 is 5.32 Å². The molecule has 2 heterocycles. The minimum Gasteiger partial charge on any atom is -0.480 e. The maximum atomic E-state index is 11.9. The van der Waals surface area contributed by atoms with E-state index in [1.54, 1.807) is 16.9 Å². The molecule has 8 nitrogen and oxygen atoms in total. The molecule has 0 spiro atoms. The number of carbonyl (C=O) groups excluding carboxylic acids is 1. The van der Waals surface area contributed by atoms with Crippen molar-refractivity contribution in [3.8, 4) is 0 Å². The van der Waals surface area contributed by atoms with Gasteiger partial charge in [-0.1, -0.05) is 0 Å². The van der Waals surface area contributed by atoms with E-state index in [0.29, 0.717) is 0 Å². The molecule has 0 bridgehead atoms. The first-order valence-electron chi connectivity index (χ1n) is 6.07. The fourth-order valence-electron chi connectivity index (χ4n) is 1.58. The molecule has 0 fully saturated rings. The Morgan fingerprint density at radius 3 is 2.65 bits per heavy atom. The predicted molar refractivity (Wildman–Crippen MR) is 70.4 cm³/mol. The Kier molecular flexibility index (Phi) is 3.83. The highest BCUT2D eigenvalue weighted by Crippen LogP contribution is 2.08. The van der Waals surface area contributed by atoms with Crippen molar-refractivity contribution in [3.05, 3.63) is 30.2 Å². The van der Waals surface area contributed by atoms with Gasteiger partial charge in [0, 0.05) is 24.5 Å². The number of hydrogen-bond donors (Lipinski definition) is 2. The first-order valence-corrected chi connectivity index (χ1v) is 6.07. The van der Waals surface area contributed by atoms with Crippen LogP contribution in [0.25, 0.3) is 0 Å². The molecule has 20 heavy (non-hydrogen) atoms. The summed E-state index contributed by atoms with van der Waals surface area (Å²) in [4.78, 5) is 22.5. The van der Waals surface area contributed by atoms with E-state index in [9.17, 15) is 9.59 Å². The van der Waals surface area contributed by atoms with Gasteiger partial charge in [-0.3, -0.25) is 19.0 Å². The van der Waals surface area contributed by atoms with Gasteiger partial charge in [-0.05, 0) is 19.9 Å². The van der Waals surface area contributed by atoms with E-state index in [1.807, 2.05) is 13.8 Å². The fourth-order valence-corrected chi connectivity index (χ4v) is 1.58. The van der Waals surface area contributed by atoms with Gasteiger partial charge in [-0.25, -0.2) is 0 Å². The third-order valence-corrected chi connectivity index (χ3v) is 2.55. The van der Waals surface area contributed by atoms with Crippen LogP contribution in [-0.4, -0.2) is 36.5 Å². The van der Waals surface area contributed by atoms with Crippen molar-refractivity contribution < 1.29 is 14.7 Å². The summed E-state index contributed by atoms with van der Waals surface area (Å²) in [5.74, 6) is -1.10. The standard InChI is InChI=1S/C12H15N5O3/c1-8(2)17-6-3-9(14-17)12(20)13-10-4-5-16(15-10)7-11(18)19/h3-6,8H,7H2,1-2H3,(H,18,19)(H,13,15,20). The lowest BCUT2D eigenvalue weighted by molar-refractivity contribution is -0.137. The number of aliphatic carboxylic acids is 1. The summed E-state index contributed by atoms with van der Waals surface area (Å²) in [6, 6.07) is 3.32. The Morgan fingerprint density at radius 2 is 2.05 bits per heavy atom. The molecular weight excluding hydrogens is 262 g/mol. The Balaban J connectivity index is 2.03. The number of anilines is 1. The number of carboxylic acids is 1. The highest BCUT2D eigenvalue weighted by molar-refractivity contribution is 6.02. The van der Waals surface area contributed by atoms with Gasteiger partial charge in [0.2, 0.25) is 0 Å². The summed E-state index contributed by atoms with van der Waals surface area (Å²) >= 11 is 0. The highest BCUT2D eigenvalue weighted by Gasteiger charge is 2.12. The van der Waals surface area contributed by atoms with E-state index in [4.69, 9.17) is 5.11 Å². The lowest BCUT2D eigenvalue weighted by Crippen LogP contribution is -2.15. The molecule has 0 aliphatic rings. The van der Waals surface area contributed by atoms with Crippen molar-refractivity contribution in [1.29, 1.82) is 0 Å². The largest absolute Gasteiger partial charge is 0.480 e. The van der Waals surface area contributed by atoms with E-state index in [1.165, 1.54) is 16.9 Å².